The number of aliphatic hydroxyl groups excluding tert-OH is 1. The molecule has 1 aliphatic heterocycles. The number of nitrogens with two attached hydrogens (primary N) is 1. The maximum atomic E-state index is 11.2. The quantitative estimate of drug-likeness (QED) is 0.646. The van der Waals surface area contributed by atoms with E-state index in [0.29, 0.717) is 21.8 Å². The van der Waals surface area contributed by atoms with Gasteiger partial charge in [0, 0.05) is 22.2 Å². The lowest BCUT2D eigenvalue weighted by molar-refractivity contribution is 0.100. The van der Waals surface area contributed by atoms with Crippen LogP contribution in [0.5, 0.6) is 0 Å². The summed E-state index contributed by atoms with van der Waals surface area (Å²) in [6.07, 6.45) is 0. The van der Waals surface area contributed by atoms with Crippen LogP contribution in [-0.2, 0) is 0 Å². The van der Waals surface area contributed by atoms with Crippen molar-refractivity contribution in [3.05, 3.63) is 76.3 Å². The number of primary amides is 1. The van der Waals surface area contributed by atoms with Crippen molar-refractivity contribution in [2.45, 2.75) is 0 Å². The first-order valence-electron chi connectivity index (χ1n) is 8.24. The van der Waals surface area contributed by atoms with Crippen LogP contribution in [0, 0.1) is 5.41 Å². The standard InChI is InChI=1S/C20H16N4O2S/c21-18-17(20-23-15(11-27-20)12-4-2-1-3-5-12)16(25)10-24(18)14-8-6-13(7-9-14)19(22)26/h1-9,11,21,25H,10H2,(H2,22,26). The molecule has 2 aromatic carbocycles. The molecule has 0 saturated heterocycles. The summed E-state index contributed by atoms with van der Waals surface area (Å²) in [7, 11) is 0. The molecule has 0 unspecified atom stereocenters. The topological polar surface area (TPSA) is 103 Å². The fourth-order valence-electron chi connectivity index (χ4n) is 2.96. The molecule has 1 aromatic heterocycles. The van der Waals surface area contributed by atoms with Crippen LogP contribution in [0.1, 0.15) is 15.4 Å². The summed E-state index contributed by atoms with van der Waals surface area (Å²) in [5.41, 5.74) is 8.60. The van der Waals surface area contributed by atoms with E-state index in [-0.39, 0.29) is 18.1 Å². The fourth-order valence-corrected chi connectivity index (χ4v) is 3.86. The summed E-state index contributed by atoms with van der Waals surface area (Å²) in [4.78, 5) is 17.5. The molecule has 4 N–H and O–H groups in total. The van der Waals surface area contributed by atoms with E-state index >= 15 is 0 Å². The number of rotatable bonds is 4. The molecule has 0 bridgehead atoms. The van der Waals surface area contributed by atoms with Crippen LogP contribution in [0.4, 0.5) is 5.69 Å². The van der Waals surface area contributed by atoms with E-state index in [4.69, 9.17) is 11.1 Å². The Kier molecular flexibility index (Phi) is 4.21. The minimum absolute atomic E-state index is 0.105. The van der Waals surface area contributed by atoms with Crippen molar-refractivity contribution in [3.63, 3.8) is 0 Å². The van der Waals surface area contributed by atoms with E-state index in [9.17, 15) is 9.90 Å². The van der Waals surface area contributed by atoms with Crippen LogP contribution in [0.15, 0.2) is 65.7 Å². The summed E-state index contributed by atoms with van der Waals surface area (Å²) in [6.45, 7) is 0.185. The SMILES string of the molecule is N=C1C(c2nc(-c3ccccc3)cs2)=C(O)CN1c1ccc(C(N)=O)cc1. The third kappa shape index (κ3) is 3.09. The molecule has 0 aliphatic carbocycles. The van der Waals surface area contributed by atoms with Crippen molar-refractivity contribution in [1.29, 1.82) is 5.41 Å². The van der Waals surface area contributed by atoms with Gasteiger partial charge < -0.3 is 15.7 Å². The summed E-state index contributed by atoms with van der Waals surface area (Å²) in [6, 6.07) is 16.4. The van der Waals surface area contributed by atoms with Crippen LogP contribution in [-0.4, -0.2) is 28.4 Å². The highest BCUT2D eigenvalue weighted by Gasteiger charge is 2.31. The van der Waals surface area contributed by atoms with Crippen molar-refractivity contribution in [3.8, 4) is 11.3 Å². The molecule has 0 fully saturated rings. The third-order valence-corrected chi connectivity index (χ3v) is 5.21. The number of aliphatic hydroxyl groups is 1. The van der Waals surface area contributed by atoms with Gasteiger partial charge in [0.1, 0.15) is 16.6 Å². The molecule has 0 atom stereocenters. The highest BCUT2D eigenvalue weighted by molar-refractivity contribution is 7.11. The molecule has 7 heteroatoms. The number of aromatic nitrogens is 1. The smallest absolute Gasteiger partial charge is 0.248 e. The first-order valence-corrected chi connectivity index (χ1v) is 9.12. The zero-order valence-corrected chi connectivity index (χ0v) is 15.0. The number of thiazole rings is 1. The zero-order valence-electron chi connectivity index (χ0n) is 14.2. The second kappa shape index (κ2) is 6.69. The summed E-state index contributed by atoms with van der Waals surface area (Å²) >= 11 is 1.40. The Balaban J connectivity index is 1.61. The van der Waals surface area contributed by atoms with E-state index in [1.54, 1.807) is 29.2 Å². The molecule has 27 heavy (non-hydrogen) atoms. The van der Waals surface area contributed by atoms with Gasteiger partial charge in [-0.2, -0.15) is 0 Å². The molecule has 134 valence electrons. The van der Waals surface area contributed by atoms with Crippen LogP contribution < -0.4 is 10.6 Å². The molecule has 0 radical (unpaired) electrons. The number of amides is 1. The van der Waals surface area contributed by atoms with Gasteiger partial charge in [0.25, 0.3) is 0 Å². The fraction of sp³-hybridized carbons (Fsp3) is 0.0500. The van der Waals surface area contributed by atoms with Crippen molar-refractivity contribution in [1.82, 2.24) is 4.98 Å². The minimum Gasteiger partial charge on any atom is -0.510 e. The molecule has 0 spiro atoms. The molecule has 2 heterocycles. The van der Waals surface area contributed by atoms with Gasteiger partial charge >= 0.3 is 0 Å². The maximum absolute atomic E-state index is 11.2. The molecule has 1 aliphatic rings. The Labute approximate surface area is 159 Å². The van der Waals surface area contributed by atoms with Crippen LogP contribution in [0.3, 0.4) is 0 Å². The van der Waals surface area contributed by atoms with Gasteiger partial charge in [-0.1, -0.05) is 30.3 Å². The predicted octanol–water partition coefficient (Wildman–Crippen LogP) is 3.68. The van der Waals surface area contributed by atoms with Crippen molar-refractivity contribution >= 4 is 34.3 Å². The van der Waals surface area contributed by atoms with Crippen molar-refractivity contribution < 1.29 is 9.90 Å². The Bertz CT molecular complexity index is 1060. The van der Waals surface area contributed by atoms with Crippen molar-refractivity contribution in [2.75, 3.05) is 11.4 Å². The molecule has 4 rings (SSSR count). The minimum atomic E-state index is -0.504. The molecule has 3 aromatic rings. The monoisotopic (exact) mass is 376 g/mol. The van der Waals surface area contributed by atoms with Gasteiger partial charge in [-0.3, -0.25) is 10.2 Å². The maximum Gasteiger partial charge on any atom is 0.248 e. The third-order valence-electron chi connectivity index (χ3n) is 4.35. The molecular formula is C20H16N4O2S. The molecule has 1 amide bonds. The Hall–Kier alpha value is -3.45. The van der Waals surface area contributed by atoms with Gasteiger partial charge in [0.2, 0.25) is 5.91 Å². The van der Waals surface area contributed by atoms with E-state index in [1.807, 2.05) is 35.7 Å². The largest absolute Gasteiger partial charge is 0.510 e. The van der Waals surface area contributed by atoms with Gasteiger partial charge in [-0.15, -0.1) is 11.3 Å². The number of hydrogen-bond donors (Lipinski definition) is 3. The van der Waals surface area contributed by atoms with E-state index in [0.717, 1.165) is 11.3 Å². The molecule has 6 nitrogen and oxygen atoms in total. The molecular weight excluding hydrogens is 360 g/mol. The van der Waals surface area contributed by atoms with Crippen LogP contribution in [0.25, 0.3) is 16.8 Å². The lowest BCUT2D eigenvalue weighted by Crippen LogP contribution is -2.26. The normalized spacial score (nSPS) is 14.1. The zero-order chi connectivity index (χ0) is 19.0. The average Bonchev–Trinajstić information content (AvgIpc) is 3.27. The van der Waals surface area contributed by atoms with Gasteiger partial charge in [0.15, 0.2) is 0 Å². The summed E-state index contributed by atoms with van der Waals surface area (Å²) in [5, 5.41) is 21.5. The number of hydrogen-bond acceptors (Lipinski definition) is 5. The number of nitrogens with one attached hydrogen (secondary N) is 1. The average molecular weight is 376 g/mol. The highest BCUT2D eigenvalue weighted by atomic mass is 32.1. The van der Waals surface area contributed by atoms with Crippen LogP contribution in [0.2, 0.25) is 0 Å². The van der Waals surface area contributed by atoms with E-state index in [2.05, 4.69) is 4.98 Å². The second-order valence-electron chi connectivity index (χ2n) is 6.07. The van der Waals surface area contributed by atoms with Crippen molar-refractivity contribution in [2.24, 2.45) is 5.73 Å². The second-order valence-corrected chi connectivity index (χ2v) is 6.93. The lowest BCUT2D eigenvalue weighted by Gasteiger charge is -2.18. The Morgan fingerprint density at radius 1 is 1.15 bits per heavy atom. The number of anilines is 1. The Morgan fingerprint density at radius 2 is 1.85 bits per heavy atom. The summed E-state index contributed by atoms with van der Waals surface area (Å²) < 4.78 is 0. The van der Waals surface area contributed by atoms with E-state index < -0.39 is 5.91 Å². The number of carbonyl (C=O) groups excluding carboxylic acids is 1. The summed E-state index contributed by atoms with van der Waals surface area (Å²) in [5.74, 6) is -0.225. The number of nitrogens with zero attached hydrogens (tertiary/aromatic N) is 2. The number of amidine groups is 1. The Morgan fingerprint density at radius 3 is 2.52 bits per heavy atom. The first kappa shape index (κ1) is 17.0. The first-order chi connectivity index (χ1) is 13.0. The number of carbonyl (C=O) groups is 1. The van der Waals surface area contributed by atoms with Gasteiger partial charge in [-0.05, 0) is 24.3 Å². The highest BCUT2D eigenvalue weighted by Crippen LogP contribution is 2.34. The predicted molar refractivity (Wildman–Crippen MR) is 107 cm³/mol. The lowest BCUT2D eigenvalue weighted by atomic mass is 10.2. The molecule has 0 saturated carbocycles. The van der Waals surface area contributed by atoms with Crippen LogP contribution >= 0.6 is 11.3 Å². The van der Waals surface area contributed by atoms with E-state index in [1.165, 1.54) is 11.3 Å². The van der Waals surface area contributed by atoms with Gasteiger partial charge in [-0.25, -0.2) is 4.98 Å². The van der Waals surface area contributed by atoms with Gasteiger partial charge in [0.05, 0.1) is 17.8 Å². The number of benzene rings is 2.